The van der Waals surface area contributed by atoms with Crippen LogP contribution in [0.2, 0.25) is 0 Å². The molecule has 2 aliphatic rings. The molecule has 2 atom stereocenters. The van der Waals surface area contributed by atoms with Crippen LogP contribution in [-0.2, 0) is 4.74 Å². The number of pyridine rings is 1. The lowest BCUT2D eigenvalue weighted by atomic mass is 10.1. The van der Waals surface area contributed by atoms with Crippen molar-refractivity contribution in [2.24, 2.45) is 0 Å². The largest absolute Gasteiger partial charge is 0.376 e. The van der Waals surface area contributed by atoms with Crippen LogP contribution in [0.5, 0.6) is 0 Å². The maximum Gasteiger partial charge on any atom is 0.256 e. The lowest BCUT2D eigenvalue weighted by molar-refractivity contribution is 0.0443. The van der Waals surface area contributed by atoms with Crippen LogP contribution in [0, 0.1) is 0 Å². The Bertz CT molecular complexity index is 690. The molecule has 2 saturated heterocycles. The first kappa shape index (κ1) is 15.0. The van der Waals surface area contributed by atoms with Crippen molar-refractivity contribution in [3.63, 3.8) is 0 Å². The smallest absolute Gasteiger partial charge is 0.256 e. The minimum absolute atomic E-state index is 0.104. The van der Waals surface area contributed by atoms with Gasteiger partial charge in [-0.05, 0) is 37.1 Å². The topological polar surface area (TPSA) is 58.2 Å². The molecule has 0 bridgehead atoms. The highest BCUT2D eigenvalue weighted by molar-refractivity contribution is 7.99. The predicted molar refractivity (Wildman–Crippen MR) is 91.8 cm³/mol. The molecule has 0 aliphatic carbocycles. The number of aromatic amines is 1. The van der Waals surface area contributed by atoms with Crippen LogP contribution in [0.25, 0.3) is 11.0 Å². The van der Waals surface area contributed by atoms with Crippen molar-refractivity contribution >= 4 is 28.7 Å². The van der Waals surface area contributed by atoms with Crippen molar-refractivity contribution in [1.29, 1.82) is 0 Å². The number of nitrogens with one attached hydrogen (secondary N) is 1. The van der Waals surface area contributed by atoms with Crippen molar-refractivity contribution in [3.05, 3.63) is 30.1 Å². The van der Waals surface area contributed by atoms with Gasteiger partial charge in [0.05, 0.1) is 11.7 Å². The van der Waals surface area contributed by atoms with E-state index in [1.807, 2.05) is 28.8 Å². The molecule has 2 aliphatic heterocycles. The van der Waals surface area contributed by atoms with Crippen LogP contribution >= 0.6 is 11.8 Å². The highest BCUT2D eigenvalue weighted by Gasteiger charge is 2.32. The number of hydrogen-bond acceptors (Lipinski definition) is 4. The monoisotopic (exact) mass is 331 g/mol. The second-order valence-electron chi connectivity index (χ2n) is 6.21. The molecule has 0 aromatic carbocycles. The molecule has 2 aromatic heterocycles. The zero-order chi connectivity index (χ0) is 15.6. The first-order chi connectivity index (χ1) is 11.3. The van der Waals surface area contributed by atoms with Gasteiger partial charge in [0.25, 0.3) is 5.91 Å². The standard InChI is InChI=1S/C17H21N3O2S/c21-17(15-9-19-16-14(15)4-1-6-18-16)20(12-5-8-23-11-12)10-13-3-2-7-22-13/h1,4,6,9,12-13H,2-3,5,7-8,10-11H2,(H,18,19)/t12-,13-/m1/s1. The molecule has 0 saturated carbocycles. The molecule has 5 nitrogen and oxygen atoms in total. The minimum atomic E-state index is 0.104. The summed E-state index contributed by atoms with van der Waals surface area (Å²) in [5.74, 6) is 2.27. The number of fused-ring (bicyclic) bond motifs is 1. The normalized spacial score (nSPS) is 24.3. The summed E-state index contributed by atoms with van der Waals surface area (Å²) in [6.45, 7) is 1.53. The van der Waals surface area contributed by atoms with Gasteiger partial charge in [0.15, 0.2) is 0 Å². The van der Waals surface area contributed by atoms with Crippen molar-refractivity contribution < 1.29 is 9.53 Å². The number of thioether (sulfide) groups is 1. The fourth-order valence-electron chi connectivity index (χ4n) is 3.46. The highest BCUT2D eigenvalue weighted by atomic mass is 32.2. The number of aromatic nitrogens is 2. The summed E-state index contributed by atoms with van der Waals surface area (Å²) in [5, 5.41) is 0.903. The second-order valence-corrected chi connectivity index (χ2v) is 7.36. The second kappa shape index (κ2) is 6.53. The van der Waals surface area contributed by atoms with Crippen LogP contribution in [-0.4, -0.2) is 57.6 Å². The van der Waals surface area contributed by atoms with Crippen molar-refractivity contribution in [1.82, 2.24) is 14.9 Å². The molecule has 2 fully saturated rings. The quantitative estimate of drug-likeness (QED) is 0.936. The zero-order valence-electron chi connectivity index (χ0n) is 13.0. The number of ether oxygens (including phenoxy) is 1. The molecule has 0 unspecified atom stereocenters. The van der Waals surface area contributed by atoms with Crippen LogP contribution in [0.15, 0.2) is 24.5 Å². The van der Waals surface area contributed by atoms with E-state index in [0.29, 0.717) is 12.6 Å². The first-order valence-corrected chi connectivity index (χ1v) is 9.41. The van der Waals surface area contributed by atoms with Crippen molar-refractivity contribution in [2.45, 2.75) is 31.4 Å². The van der Waals surface area contributed by atoms with Gasteiger partial charge in [-0.25, -0.2) is 4.98 Å². The van der Waals surface area contributed by atoms with Gasteiger partial charge in [0.1, 0.15) is 5.65 Å². The van der Waals surface area contributed by atoms with Gasteiger partial charge in [-0.2, -0.15) is 11.8 Å². The third-order valence-corrected chi connectivity index (χ3v) is 5.86. The van der Waals surface area contributed by atoms with E-state index in [-0.39, 0.29) is 12.0 Å². The summed E-state index contributed by atoms with van der Waals surface area (Å²) < 4.78 is 5.78. The number of nitrogens with zero attached hydrogens (tertiary/aromatic N) is 2. The number of rotatable bonds is 4. The van der Waals surface area contributed by atoms with E-state index in [0.717, 1.165) is 54.0 Å². The molecular formula is C17H21N3O2S. The Hall–Kier alpha value is -1.53. The Labute approximate surface area is 139 Å². The van der Waals surface area contributed by atoms with Crippen molar-refractivity contribution in [2.75, 3.05) is 24.7 Å². The van der Waals surface area contributed by atoms with E-state index in [2.05, 4.69) is 9.97 Å². The fraction of sp³-hybridized carbons (Fsp3) is 0.529. The summed E-state index contributed by atoms with van der Waals surface area (Å²) in [7, 11) is 0. The maximum absolute atomic E-state index is 13.2. The van der Waals surface area contributed by atoms with Gasteiger partial charge >= 0.3 is 0 Å². The summed E-state index contributed by atoms with van der Waals surface area (Å²) >= 11 is 1.93. The Morgan fingerprint density at radius 3 is 3.22 bits per heavy atom. The molecule has 4 heterocycles. The molecule has 6 heteroatoms. The van der Waals surface area contributed by atoms with Crippen LogP contribution < -0.4 is 0 Å². The van der Waals surface area contributed by atoms with E-state index < -0.39 is 0 Å². The van der Waals surface area contributed by atoms with E-state index in [9.17, 15) is 4.79 Å². The number of amides is 1. The fourth-order valence-corrected chi connectivity index (χ4v) is 4.69. The Kier molecular flexibility index (Phi) is 4.27. The Morgan fingerprint density at radius 1 is 1.48 bits per heavy atom. The van der Waals surface area contributed by atoms with Crippen molar-refractivity contribution in [3.8, 4) is 0 Å². The minimum Gasteiger partial charge on any atom is -0.376 e. The van der Waals surface area contributed by atoms with E-state index >= 15 is 0 Å². The summed E-state index contributed by atoms with van der Waals surface area (Å²) in [4.78, 5) is 22.7. The van der Waals surface area contributed by atoms with E-state index in [1.165, 1.54) is 0 Å². The van der Waals surface area contributed by atoms with Gasteiger partial charge in [-0.3, -0.25) is 4.79 Å². The summed E-state index contributed by atoms with van der Waals surface area (Å²) in [5.41, 5.74) is 1.50. The molecule has 1 amide bonds. The molecule has 1 N–H and O–H groups in total. The van der Waals surface area contributed by atoms with Gasteiger partial charge in [-0.1, -0.05) is 0 Å². The molecule has 2 aromatic rings. The average molecular weight is 331 g/mol. The lowest BCUT2D eigenvalue weighted by Gasteiger charge is -2.30. The molecule has 23 heavy (non-hydrogen) atoms. The molecule has 0 spiro atoms. The third kappa shape index (κ3) is 2.97. The number of carbonyl (C=O) groups excluding carboxylic acids is 1. The summed E-state index contributed by atoms with van der Waals surface area (Å²) in [6, 6.07) is 4.15. The zero-order valence-corrected chi connectivity index (χ0v) is 13.8. The van der Waals surface area contributed by atoms with Crippen LogP contribution in [0.3, 0.4) is 0 Å². The highest BCUT2D eigenvalue weighted by Crippen LogP contribution is 2.27. The Morgan fingerprint density at radius 2 is 2.43 bits per heavy atom. The molecular weight excluding hydrogens is 310 g/mol. The number of hydrogen-bond donors (Lipinski definition) is 1. The van der Waals surface area contributed by atoms with Gasteiger partial charge < -0.3 is 14.6 Å². The Balaban J connectivity index is 1.62. The first-order valence-electron chi connectivity index (χ1n) is 8.25. The number of carbonyl (C=O) groups is 1. The van der Waals surface area contributed by atoms with Gasteiger partial charge in [0.2, 0.25) is 0 Å². The third-order valence-electron chi connectivity index (χ3n) is 4.71. The molecule has 4 rings (SSSR count). The molecule has 122 valence electrons. The van der Waals surface area contributed by atoms with Gasteiger partial charge in [-0.15, -0.1) is 0 Å². The molecule has 0 radical (unpaired) electrons. The maximum atomic E-state index is 13.2. The SMILES string of the molecule is O=C(c1c[nH]c2ncccc12)N(C[C@H]1CCCO1)[C@@H]1CCSC1. The van der Waals surface area contributed by atoms with Crippen LogP contribution in [0.4, 0.5) is 0 Å². The van der Waals surface area contributed by atoms with E-state index in [4.69, 9.17) is 4.74 Å². The van der Waals surface area contributed by atoms with Gasteiger partial charge in [0, 0.05) is 42.7 Å². The average Bonchev–Trinajstić information content (AvgIpc) is 3.32. The number of H-pyrrole nitrogens is 1. The van der Waals surface area contributed by atoms with Crippen LogP contribution in [0.1, 0.15) is 29.6 Å². The summed E-state index contributed by atoms with van der Waals surface area (Å²) in [6.07, 6.45) is 6.95. The predicted octanol–water partition coefficient (Wildman–Crippen LogP) is 2.69. The van der Waals surface area contributed by atoms with E-state index in [1.54, 1.807) is 12.4 Å². The lowest BCUT2D eigenvalue weighted by Crippen LogP contribution is -2.44.